The highest BCUT2D eigenvalue weighted by molar-refractivity contribution is 5.80. The Kier molecular flexibility index (Phi) is 4.29. The second kappa shape index (κ2) is 6.57. The fourth-order valence-electron chi connectivity index (χ4n) is 8.91. The Hall–Kier alpha value is -1.99. The van der Waals surface area contributed by atoms with Crippen LogP contribution >= 0.6 is 0 Å². The summed E-state index contributed by atoms with van der Waals surface area (Å²) in [6.07, 6.45) is 5.50. The van der Waals surface area contributed by atoms with Gasteiger partial charge in [0.05, 0.1) is 11.9 Å². The fraction of sp³-hybridized carbons (Fsp3) is 0.731. The van der Waals surface area contributed by atoms with Crippen LogP contribution in [0.4, 0.5) is 0 Å². The molecule has 7 nitrogen and oxygen atoms in total. The number of hydrogen-bond acceptors (Lipinski definition) is 7. The Morgan fingerprint density at radius 3 is 2.55 bits per heavy atom. The molecule has 6 rings (SSSR count). The molecule has 1 spiro atoms. The minimum absolute atomic E-state index is 0.132. The summed E-state index contributed by atoms with van der Waals surface area (Å²) >= 11 is 0. The fourth-order valence-corrected chi connectivity index (χ4v) is 8.91. The van der Waals surface area contributed by atoms with Gasteiger partial charge in [0, 0.05) is 42.6 Å². The van der Waals surface area contributed by atoms with Gasteiger partial charge in [-0.1, -0.05) is 13.8 Å². The Balaban J connectivity index is 1.43. The molecule has 1 aromatic heterocycles. The van der Waals surface area contributed by atoms with E-state index in [1.54, 1.807) is 6.07 Å². The predicted octanol–water partition coefficient (Wildman–Crippen LogP) is 3.12. The molecule has 1 N–H and O–H groups in total. The van der Waals surface area contributed by atoms with Gasteiger partial charge in [0.15, 0.2) is 0 Å². The Morgan fingerprint density at radius 1 is 1.09 bits per heavy atom. The molecule has 2 heterocycles. The molecule has 1 aliphatic heterocycles. The number of aliphatic hydroxyl groups is 1. The van der Waals surface area contributed by atoms with Gasteiger partial charge in [-0.25, -0.2) is 4.79 Å². The molecule has 7 heteroatoms. The van der Waals surface area contributed by atoms with E-state index in [-0.39, 0.29) is 52.9 Å². The third kappa shape index (κ3) is 2.55. The average molecular weight is 457 g/mol. The van der Waals surface area contributed by atoms with E-state index in [0.29, 0.717) is 19.3 Å². The lowest BCUT2D eigenvalue weighted by molar-refractivity contribution is -0.209. The van der Waals surface area contributed by atoms with E-state index >= 15 is 0 Å². The number of rotatable bonds is 2. The normalized spacial score (nSPS) is 49.9. The molecule has 0 amide bonds. The summed E-state index contributed by atoms with van der Waals surface area (Å²) in [5.74, 6) is 0.148. The molecule has 1 saturated heterocycles. The van der Waals surface area contributed by atoms with Crippen molar-refractivity contribution in [3.05, 3.63) is 34.4 Å². The van der Waals surface area contributed by atoms with E-state index in [1.807, 2.05) is 0 Å². The number of carbonyl (C=O) groups is 2. The van der Waals surface area contributed by atoms with E-state index < -0.39 is 22.9 Å². The number of esters is 1. The number of ketones is 1. The number of hydrogen-bond donors (Lipinski definition) is 1. The van der Waals surface area contributed by atoms with Gasteiger partial charge >= 0.3 is 11.6 Å². The first-order valence-electron chi connectivity index (χ1n) is 12.2. The van der Waals surface area contributed by atoms with E-state index in [1.165, 1.54) is 19.3 Å². The van der Waals surface area contributed by atoms with E-state index in [9.17, 15) is 19.5 Å². The van der Waals surface area contributed by atoms with Crippen molar-refractivity contribution in [2.45, 2.75) is 95.0 Å². The second-order valence-corrected chi connectivity index (χ2v) is 11.6. The summed E-state index contributed by atoms with van der Waals surface area (Å²) < 4.78 is 17.7. The van der Waals surface area contributed by atoms with Crippen LogP contribution in [-0.4, -0.2) is 40.3 Å². The summed E-state index contributed by atoms with van der Waals surface area (Å²) in [6.45, 7) is 5.83. The van der Waals surface area contributed by atoms with E-state index in [2.05, 4.69) is 13.8 Å². The number of ether oxygens (including phenoxy) is 2. The van der Waals surface area contributed by atoms with Crippen LogP contribution in [0.15, 0.2) is 27.6 Å². The predicted molar refractivity (Wildman–Crippen MR) is 116 cm³/mol. The topological polar surface area (TPSA) is 106 Å². The zero-order valence-corrected chi connectivity index (χ0v) is 19.5. The van der Waals surface area contributed by atoms with Crippen molar-refractivity contribution in [2.24, 2.45) is 22.7 Å². The molecule has 178 valence electrons. The Labute approximate surface area is 192 Å². The lowest BCUT2D eigenvalue weighted by atomic mass is 9.42. The molecular weight excluding hydrogens is 424 g/mol. The monoisotopic (exact) mass is 456 g/mol. The molecule has 5 fully saturated rings. The van der Waals surface area contributed by atoms with E-state index in [0.717, 1.165) is 24.8 Å². The molecule has 4 saturated carbocycles. The maximum absolute atomic E-state index is 12.2. The first kappa shape index (κ1) is 21.5. The van der Waals surface area contributed by atoms with Crippen LogP contribution in [-0.2, 0) is 19.1 Å². The molecule has 33 heavy (non-hydrogen) atoms. The van der Waals surface area contributed by atoms with Gasteiger partial charge in [-0.3, -0.25) is 9.59 Å². The summed E-state index contributed by atoms with van der Waals surface area (Å²) in [6, 6.07) is 3.21. The van der Waals surface area contributed by atoms with Crippen molar-refractivity contribution >= 4 is 11.8 Å². The van der Waals surface area contributed by atoms with Gasteiger partial charge < -0.3 is 19.0 Å². The minimum Gasteiger partial charge on any atom is -0.459 e. The van der Waals surface area contributed by atoms with Gasteiger partial charge in [-0.05, 0) is 55.6 Å². The van der Waals surface area contributed by atoms with Gasteiger partial charge in [0.25, 0.3) is 0 Å². The first-order valence-corrected chi connectivity index (χ1v) is 12.2. The highest BCUT2D eigenvalue weighted by Gasteiger charge is 2.85. The third-order valence-electron chi connectivity index (χ3n) is 10.5. The maximum atomic E-state index is 12.2. The summed E-state index contributed by atoms with van der Waals surface area (Å²) in [5.41, 5.74) is -1.56. The van der Waals surface area contributed by atoms with Crippen molar-refractivity contribution in [1.82, 2.24) is 0 Å². The average Bonchev–Trinajstić information content (AvgIpc) is 3.45. The van der Waals surface area contributed by atoms with Crippen LogP contribution < -0.4 is 5.63 Å². The van der Waals surface area contributed by atoms with Crippen LogP contribution in [0.5, 0.6) is 0 Å². The Morgan fingerprint density at radius 2 is 1.85 bits per heavy atom. The van der Waals surface area contributed by atoms with Crippen molar-refractivity contribution < 1.29 is 28.6 Å². The molecule has 1 aromatic rings. The number of carbonyl (C=O) groups excluding carboxylic acids is 2. The van der Waals surface area contributed by atoms with Crippen LogP contribution in [0, 0.1) is 22.7 Å². The molecule has 0 bridgehead atoms. The van der Waals surface area contributed by atoms with Gasteiger partial charge in [0.2, 0.25) is 0 Å². The highest BCUT2D eigenvalue weighted by Crippen LogP contribution is 2.78. The summed E-state index contributed by atoms with van der Waals surface area (Å²) in [4.78, 5) is 35.9. The summed E-state index contributed by atoms with van der Waals surface area (Å²) in [7, 11) is 0. The molecule has 9 atom stereocenters. The van der Waals surface area contributed by atoms with Crippen LogP contribution in [0.2, 0.25) is 0 Å². The SMILES string of the molecule is CC(=O)O[C@H]1[C@H]2O[C@]23[C@@H]2CC[C@]4(O)CC(=O)CC[C@]4(C)[C@H]2CC[C@]3(C)[C@H]1c1ccc(=O)oc1. The third-order valence-corrected chi connectivity index (χ3v) is 10.5. The van der Waals surface area contributed by atoms with Crippen molar-refractivity contribution in [3.63, 3.8) is 0 Å². The van der Waals surface area contributed by atoms with Crippen molar-refractivity contribution in [1.29, 1.82) is 0 Å². The quantitative estimate of drug-likeness (QED) is 0.538. The van der Waals surface area contributed by atoms with Crippen molar-refractivity contribution in [2.75, 3.05) is 0 Å². The smallest absolute Gasteiger partial charge is 0.335 e. The van der Waals surface area contributed by atoms with Gasteiger partial charge in [-0.15, -0.1) is 0 Å². The minimum atomic E-state index is -0.950. The zero-order valence-electron chi connectivity index (χ0n) is 19.5. The van der Waals surface area contributed by atoms with Crippen molar-refractivity contribution in [3.8, 4) is 0 Å². The zero-order chi connectivity index (χ0) is 23.4. The molecule has 0 radical (unpaired) electrons. The first-order chi connectivity index (χ1) is 15.6. The van der Waals surface area contributed by atoms with Gasteiger partial charge in [0.1, 0.15) is 23.6 Å². The van der Waals surface area contributed by atoms with Gasteiger partial charge in [-0.2, -0.15) is 0 Å². The molecular formula is C26H32O7. The van der Waals surface area contributed by atoms with Crippen LogP contribution in [0.25, 0.3) is 0 Å². The van der Waals surface area contributed by atoms with Crippen LogP contribution in [0.3, 0.4) is 0 Å². The number of Topliss-reactive ketones (excluding diaryl/α,β-unsaturated/α-hetero) is 1. The number of epoxide rings is 1. The molecule has 5 aliphatic rings. The number of fused-ring (bicyclic) bond motifs is 3. The highest BCUT2D eigenvalue weighted by atomic mass is 16.7. The molecule has 0 aromatic carbocycles. The second-order valence-electron chi connectivity index (χ2n) is 11.6. The van der Waals surface area contributed by atoms with Crippen LogP contribution in [0.1, 0.15) is 77.2 Å². The molecule has 0 unspecified atom stereocenters. The standard InChI is InChI=1S/C26H32O7/c1-14(27)32-21-20(15-4-5-19(29)31-13-15)24(3)10-7-17-18(26(24)22(21)33-26)8-11-25(30)12-16(28)6-9-23(17,25)2/h4-5,13,17-18,20-22,30H,6-12H2,1-3H3/t17-,18+,20-,21+,22+,23+,24+,25-,26+/m0/s1. The Bertz CT molecular complexity index is 1070. The summed E-state index contributed by atoms with van der Waals surface area (Å²) in [5, 5.41) is 11.6. The maximum Gasteiger partial charge on any atom is 0.335 e. The molecule has 4 aliphatic carbocycles. The lowest BCUT2D eigenvalue weighted by Crippen LogP contribution is -2.64. The van der Waals surface area contributed by atoms with E-state index in [4.69, 9.17) is 13.9 Å². The lowest BCUT2D eigenvalue weighted by Gasteiger charge is -2.63. The largest absolute Gasteiger partial charge is 0.459 e.